The molecule has 0 spiro atoms. The molecule has 0 unspecified atom stereocenters. The normalized spacial score (nSPS) is 28.4. The Morgan fingerprint density at radius 3 is 2.35 bits per heavy atom. The summed E-state index contributed by atoms with van der Waals surface area (Å²) < 4.78 is 17.8. The van der Waals surface area contributed by atoms with E-state index in [1.54, 1.807) is 0 Å². The lowest BCUT2D eigenvalue weighted by molar-refractivity contribution is -0.154. The minimum Gasteiger partial charge on any atom is -0.414 e. The lowest BCUT2D eigenvalue weighted by Gasteiger charge is -2.37. The van der Waals surface area contributed by atoms with Crippen LogP contribution in [0.25, 0.3) is 0 Å². The van der Waals surface area contributed by atoms with Crippen molar-refractivity contribution < 1.29 is 19.0 Å². The molecule has 4 nitrogen and oxygen atoms in total. The van der Waals surface area contributed by atoms with Crippen LogP contribution in [0.4, 0.5) is 0 Å². The minimum atomic E-state index is -1.84. The van der Waals surface area contributed by atoms with Gasteiger partial charge < -0.3 is 19.0 Å². The Morgan fingerprint density at radius 1 is 1.35 bits per heavy atom. The molecule has 0 aliphatic carbocycles. The maximum atomic E-state index is 9.98. The van der Waals surface area contributed by atoms with E-state index in [-0.39, 0.29) is 11.1 Å². The Labute approximate surface area is 124 Å². The van der Waals surface area contributed by atoms with Crippen LogP contribution < -0.4 is 0 Å². The molecular formula is C15H30O4Si. The summed E-state index contributed by atoms with van der Waals surface area (Å²) in [5, 5.41) is 10.1. The lowest BCUT2D eigenvalue weighted by Crippen LogP contribution is -2.45. The third-order valence-corrected chi connectivity index (χ3v) is 8.71. The summed E-state index contributed by atoms with van der Waals surface area (Å²) >= 11 is 0. The van der Waals surface area contributed by atoms with Crippen molar-refractivity contribution in [3.63, 3.8) is 0 Å². The van der Waals surface area contributed by atoms with Crippen LogP contribution in [-0.4, -0.2) is 44.1 Å². The third kappa shape index (κ3) is 4.15. The van der Waals surface area contributed by atoms with Crippen LogP contribution in [-0.2, 0) is 13.9 Å². The number of aliphatic hydroxyl groups excluding tert-OH is 1. The zero-order chi connectivity index (χ0) is 15.8. The van der Waals surface area contributed by atoms with E-state index in [1.807, 2.05) is 13.8 Å². The average Bonchev–Trinajstić information content (AvgIpc) is 2.59. The van der Waals surface area contributed by atoms with E-state index >= 15 is 0 Å². The van der Waals surface area contributed by atoms with E-state index in [4.69, 9.17) is 13.9 Å². The second-order valence-corrected chi connectivity index (χ2v) is 12.2. The van der Waals surface area contributed by atoms with Crippen LogP contribution in [0.5, 0.6) is 0 Å². The Hall–Kier alpha value is -0.203. The van der Waals surface area contributed by atoms with Gasteiger partial charge in [0.2, 0.25) is 0 Å². The van der Waals surface area contributed by atoms with E-state index in [2.05, 4.69) is 40.4 Å². The molecule has 0 aromatic rings. The van der Waals surface area contributed by atoms with E-state index in [0.29, 0.717) is 6.61 Å². The summed E-state index contributed by atoms with van der Waals surface area (Å²) in [6.07, 6.45) is 0.0403. The molecule has 0 radical (unpaired) electrons. The molecule has 0 bridgehead atoms. The van der Waals surface area contributed by atoms with Crippen molar-refractivity contribution in [1.82, 2.24) is 0 Å². The summed E-state index contributed by atoms with van der Waals surface area (Å²) in [4.78, 5) is 0. The third-order valence-electron chi connectivity index (χ3n) is 4.21. The van der Waals surface area contributed by atoms with Crippen molar-refractivity contribution in [3.05, 3.63) is 12.7 Å². The SMILES string of the molecule is C=C[C@H](O)[C@@H]1OC(C)(C)O[C@@H]1CO[Si](C)(C)C(C)(C)C. The molecule has 1 aliphatic rings. The highest BCUT2D eigenvalue weighted by molar-refractivity contribution is 6.74. The van der Waals surface area contributed by atoms with Crippen molar-refractivity contribution in [3.8, 4) is 0 Å². The molecule has 1 heterocycles. The van der Waals surface area contributed by atoms with Crippen LogP contribution in [0.1, 0.15) is 34.6 Å². The standard InChI is InChI=1S/C15H30O4Si/c1-9-11(16)13-12(18-15(5,6)19-13)10-17-20(7,8)14(2,3)4/h9,11-13,16H,1,10H2,2-8H3/t11-,12+,13-/m0/s1. The fraction of sp³-hybridized carbons (Fsp3) is 0.867. The summed E-state index contributed by atoms with van der Waals surface area (Å²) in [5.41, 5.74) is 0. The van der Waals surface area contributed by atoms with Gasteiger partial charge in [-0.15, -0.1) is 6.58 Å². The Bertz CT molecular complexity index is 346. The van der Waals surface area contributed by atoms with Gasteiger partial charge in [-0.2, -0.15) is 0 Å². The van der Waals surface area contributed by atoms with E-state index in [0.717, 1.165) is 0 Å². The number of rotatable bonds is 5. The highest BCUT2D eigenvalue weighted by Crippen LogP contribution is 2.38. The molecule has 20 heavy (non-hydrogen) atoms. The van der Waals surface area contributed by atoms with E-state index in [9.17, 15) is 5.11 Å². The lowest BCUT2D eigenvalue weighted by atomic mass is 10.1. The van der Waals surface area contributed by atoms with Crippen molar-refractivity contribution in [1.29, 1.82) is 0 Å². The number of ether oxygens (including phenoxy) is 2. The Balaban J connectivity index is 2.72. The van der Waals surface area contributed by atoms with Gasteiger partial charge in [0.1, 0.15) is 18.3 Å². The Morgan fingerprint density at radius 2 is 1.90 bits per heavy atom. The molecule has 1 N–H and O–H groups in total. The molecule has 0 aromatic heterocycles. The molecule has 0 amide bonds. The van der Waals surface area contributed by atoms with Gasteiger partial charge in [0.25, 0.3) is 0 Å². The van der Waals surface area contributed by atoms with Crippen molar-refractivity contribution in [2.24, 2.45) is 0 Å². The van der Waals surface area contributed by atoms with Crippen LogP contribution in [0, 0.1) is 0 Å². The monoisotopic (exact) mass is 302 g/mol. The fourth-order valence-electron chi connectivity index (χ4n) is 1.92. The molecule has 118 valence electrons. The fourth-order valence-corrected chi connectivity index (χ4v) is 2.94. The summed E-state index contributed by atoms with van der Waals surface area (Å²) in [6, 6.07) is 0. The number of hydrogen-bond acceptors (Lipinski definition) is 4. The number of hydrogen-bond donors (Lipinski definition) is 1. The summed E-state index contributed by atoms with van der Waals surface area (Å²) in [7, 11) is -1.84. The van der Waals surface area contributed by atoms with Crippen LogP contribution in [0.3, 0.4) is 0 Å². The second kappa shape index (κ2) is 5.89. The first-order valence-electron chi connectivity index (χ1n) is 7.20. The zero-order valence-corrected chi connectivity index (χ0v) is 14.9. The smallest absolute Gasteiger partial charge is 0.192 e. The van der Waals surface area contributed by atoms with Gasteiger partial charge >= 0.3 is 0 Å². The summed E-state index contributed by atoms with van der Waals surface area (Å²) in [6.45, 7) is 18.8. The second-order valence-electron chi connectivity index (χ2n) is 7.44. The molecule has 1 saturated heterocycles. The van der Waals surface area contributed by atoms with Crippen LogP contribution in [0.2, 0.25) is 18.1 Å². The van der Waals surface area contributed by atoms with Gasteiger partial charge in [-0.05, 0) is 32.0 Å². The first kappa shape index (κ1) is 17.8. The van der Waals surface area contributed by atoms with E-state index in [1.165, 1.54) is 6.08 Å². The highest BCUT2D eigenvalue weighted by Gasteiger charge is 2.46. The summed E-state index contributed by atoms with van der Waals surface area (Å²) in [5.74, 6) is -0.698. The van der Waals surface area contributed by atoms with Crippen LogP contribution >= 0.6 is 0 Å². The van der Waals surface area contributed by atoms with Crippen molar-refractivity contribution in [2.45, 2.75) is 76.8 Å². The topological polar surface area (TPSA) is 47.9 Å². The molecule has 0 saturated carbocycles. The molecule has 5 heteroatoms. The van der Waals surface area contributed by atoms with Crippen LogP contribution in [0.15, 0.2) is 12.7 Å². The highest BCUT2D eigenvalue weighted by atomic mass is 28.4. The first-order valence-corrected chi connectivity index (χ1v) is 10.1. The van der Waals surface area contributed by atoms with Crippen molar-refractivity contribution >= 4 is 8.32 Å². The molecular weight excluding hydrogens is 272 g/mol. The van der Waals surface area contributed by atoms with Gasteiger partial charge in [0, 0.05) is 0 Å². The molecule has 0 aromatic carbocycles. The van der Waals surface area contributed by atoms with Gasteiger partial charge in [-0.25, -0.2) is 0 Å². The molecule has 1 aliphatic heterocycles. The van der Waals surface area contributed by atoms with Crippen molar-refractivity contribution in [2.75, 3.05) is 6.61 Å². The molecule has 1 rings (SSSR count). The zero-order valence-electron chi connectivity index (χ0n) is 13.9. The quantitative estimate of drug-likeness (QED) is 0.626. The molecule has 3 atom stereocenters. The minimum absolute atomic E-state index is 0.147. The van der Waals surface area contributed by atoms with Gasteiger partial charge in [0.05, 0.1) is 6.61 Å². The largest absolute Gasteiger partial charge is 0.414 e. The number of aliphatic hydroxyl groups is 1. The predicted molar refractivity (Wildman–Crippen MR) is 83.2 cm³/mol. The van der Waals surface area contributed by atoms with Gasteiger partial charge in [0.15, 0.2) is 14.1 Å². The maximum Gasteiger partial charge on any atom is 0.192 e. The average molecular weight is 302 g/mol. The van der Waals surface area contributed by atoms with Gasteiger partial charge in [-0.1, -0.05) is 26.8 Å². The Kier molecular flexibility index (Phi) is 5.25. The first-order chi connectivity index (χ1) is 8.89. The molecule has 1 fully saturated rings. The van der Waals surface area contributed by atoms with E-state index < -0.39 is 26.3 Å². The van der Waals surface area contributed by atoms with Gasteiger partial charge in [-0.3, -0.25) is 0 Å². The maximum absolute atomic E-state index is 9.98. The predicted octanol–water partition coefficient (Wildman–Crippen LogP) is 3.08.